The van der Waals surface area contributed by atoms with Gasteiger partial charge in [0.05, 0.1) is 5.92 Å². The van der Waals surface area contributed by atoms with Gasteiger partial charge >= 0.3 is 0 Å². The van der Waals surface area contributed by atoms with Crippen molar-refractivity contribution in [1.82, 2.24) is 0 Å². The van der Waals surface area contributed by atoms with Gasteiger partial charge in [0, 0.05) is 5.56 Å². The molecule has 1 atom stereocenters. The van der Waals surface area contributed by atoms with E-state index < -0.39 is 0 Å². The molecule has 3 aromatic rings. The van der Waals surface area contributed by atoms with Crippen molar-refractivity contribution in [2.24, 2.45) is 5.73 Å². The second-order valence-electron chi connectivity index (χ2n) is 5.36. The fourth-order valence-corrected chi connectivity index (χ4v) is 3.74. The summed E-state index contributed by atoms with van der Waals surface area (Å²) in [6.07, 6.45) is 0. The normalized spacial score (nSPS) is 16.7. The SMILES string of the molecule is N#CC1=C(N)Oc2ccc3ccc(O)cc3c2[C@@H]1c1ccsc1. The number of nitriles is 1. The third kappa shape index (κ3) is 2.04. The molecule has 4 nitrogen and oxygen atoms in total. The van der Waals surface area contributed by atoms with Gasteiger partial charge in [0.15, 0.2) is 0 Å². The quantitative estimate of drug-likeness (QED) is 0.714. The standard InChI is InChI=1S/C18H12N2O2S/c19-8-14-16(11-5-6-23-9-11)17-13-7-12(21)3-1-10(13)2-4-15(17)22-18(14)20/h1-7,9,16,21H,20H2/t16-/m1/s1. The molecule has 1 aliphatic heterocycles. The van der Waals surface area contributed by atoms with Crippen LogP contribution < -0.4 is 10.5 Å². The number of rotatable bonds is 1. The predicted octanol–water partition coefficient (Wildman–Crippen LogP) is 3.83. The zero-order chi connectivity index (χ0) is 16.0. The average molecular weight is 320 g/mol. The number of thiophene rings is 1. The average Bonchev–Trinajstić information content (AvgIpc) is 3.07. The molecule has 0 bridgehead atoms. The molecule has 0 fully saturated rings. The van der Waals surface area contributed by atoms with Crippen LogP contribution in [0, 0.1) is 11.3 Å². The summed E-state index contributed by atoms with van der Waals surface area (Å²) in [4.78, 5) is 0. The number of allylic oxidation sites excluding steroid dienone is 1. The maximum Gasteiger partial charge on any atom is 0.205 e. The Morgan fingerprint density at radius 3 is 2.78 bits per heavy atom. The minimum absolute atomic E-state index is 0.135. The first kappa shape index (κ1) is 13.7. The highest BCUT2D eigenvalue weighted by Gasteiger charge is 2.32. The van der Waals surface area contributed by atoms with E-state index >= 15 is 0 Å². The number of nitrogens with two attached hydrogens (primary N) is 1. The molecule has 3 N–H and O–H groups in total. The first-order valence-electron chi connectivity index (χ1n) is 7.04. The first-order chi connectivity index (χ1) is 11.2. The van der Waals surface area contributed by atoms with E-state index in [0.717, 1.165) is 21.9 Å². The van der Waals surface area contributed by atoms with Crippen LogP contribution in [0.1, 0.15) is 17.0 Å². The Morgan fingerprint density at radius 1 is 1.22 bits per heavy atom. The second-order valence-corrected chi connectivity index (χ2v) is 6.14. The van der Waals surface area contributed by atoms with Crippen LogP contribution in [-0.2, 0) is 0 Å². The molecule has 5 heteroatoms. The Kier molecular flexibility index (Phi) is 3.00. The Labute approximate surface area is 136 Å². The van der Waals surface area contributed by atoms with Crippen molar-refractivity contribution in [1.29, 1.82) is 5.26 Å². The molecule has 23 heavy (non-hydrogen) atoms. The van der Waals surface area contributed by atoms with Crippen LogP contribution >= 0.6 is 11.3 Å². The lowest BCUT2D eigenvalue weighted by Gasteiger charge is -2.27. The molecule has 4 rings (SSSR count). The fourth-order valence-electron chi connectivity index (χ4n) is 3.05. The third-order valence-electron chi connectivity index (χ3n) is 4.07. The van der Waals surface area contributed by atoms with E-state index in [9.17, 15) is 10.4 Å². The van der Waals surface area contributed by atoms with Gasteiger partial charge in [0.2, 0.25) is 5.88 Å². The van der Waals surface area contributed by atoms with Crippen LogP contribution in [0.25, 0.3) is 10.8 Å². The topological polar surface area (TPSA) is 79.3 Å². The van der Waals surface area contributed by atoms with Crippen molar-refractivity contribution in [2.45, 2.75) is 5.92 Å². The van der Waals surface area contributed by atoms with Crippen LogP contribution in [0.5, 0.6) is 11.5 Å². The number of ether oxygens (including phenoxy) is 1. The van der Waals surface area contributed by atoms with E-state index in [0.29, 0.717) is 11.3 Å². The van der Waals surface area contributed by atoms with Gasteiger partial charge in [-0.1, -0.05) is 12.1 Å². The van der Waals surface area contributed by atoms with E-state index in [2.05, 4.69) is 6.07 Å². The van der Waals surface area contributed by atoms with Gasteiger partial charge in [-0.3, -0.25) is 0 Å². The predicted molar refractivity (Wildman–Crippen MR) is 89.2 cm³/mol. The summed E-state index contributed by atoms with van der Waals surface area (Å²) < 4.78 is 5.67. The summed E-state index contributed by atoms with van der Waals surface area (Å²) >= 11 is 1.57. The number of phenols is 1. The van der Waals surface area contributed by atoms with Gasteiger partial charge in [0.25, 0.3) is 0 Å². The molecule has 112 valence electrons. The molecule has 0 saturated carbocycles. The fraction of sp³-hybridized carbons (Fsp3) is 0.0556. The summed E-state index contributed by atoms with van der Waals surface area (Å²) in [6, 6.07) is 13.1. The minimum atomic E-state index is -0.291. The van der Waals surface area contributed by atoms with E-state index in [-0.39, 0.29) is 17.6 Å². The molecule has 0 amide bonds. The van der Waals surface area contributed by atoms with E-state index in [1.807, 2.05) is 35.0 Å². The molecular formula is C18H12N2O2S. The molecule has 0 unspecified atom stereocenters. The van der Waals surface area contributed by atoms with Crippen molar-refractivity contribution < 1.29 is 9.84 Å². The van der Waals surface area contributed by atoms with Gasteiger partial charge in [-0.15, -0.1) is 0 Å². The Morgan fingerprint density at radius 2 is 2.04 bits per heavy atom. The van der Waals surface area contributed by atoms with E-state index in [1.165, 1.54) is 0 Å². The minimum Gasteiger partial charge on any atom is -0.508 e. The highest BCUT2D eigenvalue weighted by molar-refractivity contribution is 7.08. The zero-order valence-corrected chi connectivity index (χ0v) is 12.8. The summed E-state index contributed by atoms with van der Waals surface area (Å²) in [7, 11) is 0. The summed E-state index contributed by atoms with van der Waals surface area (Å²) in [5.74, 6) is 0.642. The Bertz CT molecular complexity index is 984. The molecule has 0 aliphatic carbocycles. The number of benzene rings is 2. The van der Waals surface area contributed by atoms with Crippen LogP contribution in [0.15, 0.2) is 58.6 Å². The number of nitrogens with zero attached hydrogens (tertiary/aromatic N) is 1. The van der Waals surface area contributed by atoms with E-state index in [1.54, 1.807) is 23.5 Å². The first-order valence-corrected chi connectivity index (χ1v) is 7.98. The van der Waals surface area contributed by atoms with Crippen LogP contribution in [-0.4, -0.2) is 5.11 Å². The van der Waals surface area contributed by atoms with E-state index in [4.69, 9.17) is 10.5 Å². The third-order valence-corrected chi connectivity index (χ3v) is 4.77. The maximum absolute atomic E-state index is 9.88. The monoisotopic (exact) mass is 320 g/mol. The van der Waals surface area contributed by atoms with Crippen molar-refractivity contribution >= 4 is 22.1 Å². The molecule has 0 radical (unpaired) electrons. The molecule has 2 heterocycles. The number of hydrogen-bond donors (Lipinski definition) is 2. The number of aromatic hydroxyl groups is 1. The van der Waals surface area contributed by atoms with Crippen molar-refractivity contribution in [3.8, 4) is 17.6 Å². The summed E-state index contributed by atoms with van der Waals surface area (Å²) in [5, 5.41) is 25.3. The molecule has 0 saturated heterocycles. The maximum atomic E-state index is 9.88. The van der Waals surface area contributed by atoms with Gasteiger partial charge in [-0.2, -0.15) is 16.6 Å². The van der Waals surface area contributed by atoms with Crippen molar-refractivity contribution in [2.75, 3.05) is 0 Å². The van der Waals surface area contributed by atoms with Gasteiger partial charge in [-0.25, -0.2) is 0 Å². The summed E-state index contributed by atoms with van der Waals surface area (Å²) in [6.45, 7) is 0. The largest absolute Gasteiger partial charge is 0.508 e. The lowest BCUT2D eigenvalue weighted by atomic mass is 9.82. The second kappa shape index (κ2) is 5.04. The molecular weight excluding hydrogens is 308 g/mol. The number of fused-ring (bicyclic) bond motifs is 3. The van der Waals surface area contributed by atoms with Gasteiger partial charge in [0.1, 0.15) is 23.1 Å². The van der Waals surface area contributed by atoms with Crippen LogP contribution in [0.3, 0.4) is 0 Å². The highest BCUT2D eigenvalue weighted by Crippen LogP contribution is 2.46. The van der Waals surface area contributed by atoms with Crippen molar-refractivity contribution in [3.05, 3.63) is 69.7 Å². The zero-order valence-electron chi connectivity index (χ0n) is 12.0. The van der Waals surface area contributed by atoms with Gasteiger partial charge in [-0.05, 0) is 51.4 Å². The molecule has 2 aromatic carbocycles. The molecule has 1 aliphatic rings. The van der Waals surface area contributed by atoms with Crippen LogP contribution in [0.4, 0.5) is 0 Å². The molecule has 0 spiro atoms. The van der Waals surface area contributed by atoms with Crippen LogP contribution in [0.2, 0.25) is 0 Å². The van der Waals surface area contributed by atoms with Crippen molar-refractivity contribution in [3.63, 3.8) is 0 Å². The summed E-state index contributed by atoms with van der Waals surface area (Å²) in [5.41, 5.74) is 8.22. The Hall–Kier alpha value is -2.97. The number of hydrogen-bond acceptors (Lipinski definition) is 5. The number of phenolic OH excluding ortho intramolecular Hbond substituents is 1. The lowest BCUT2D eigenvalue weighted by molar-refractivity contribution is 0.395. The van der Waals surface area contributed by atoms with Gasteiger partial charge < -0.3 is 15.6 Å². The molecule has 1 aromatic heterocycles. The smallest absolute Gasteiger partial charge is 0.205 e. The Balaban J connectivity index is 2.09. The highest BCUT2D eigenvalue weighted by atomic mass is 32.1. The lowest BCUT2D eigenvalue weighted by Crippen LogP contribution is -2.21.